The smallest absolute Gasteiger partial charge is 0.270 e. The molecular weight excluding hydrogens is 276 g/mol. The van der Waals surface area contributed by atoms with Crippen molar-refractivity contribution >= 4 is 11.9 Å². The molecule has 0 atom stereocenters. The summed E-state index contributed by atoms with van der Waals surface area (Å²) in [4.78, 5) is 23.1. The van der Waals surface area contributed by atoms with E-state index >= 15 is 0 Å². The zero-order valence-electron chi connectivity index (χ0n) is 13.3. The standard InChI is InChI=1S/C17H22N4O/c1-4-21(5-2)17-19-13(3)11-15(20-17)16(22)18-12-14-9-7-6-8-10-14/h6-11H,4-5,12H2,1-3H3,(H,18,22). The first kappa shape index (κ1) is 15.9. The third kappa shape index (κ3) is 4.04. The van der Waals surface area contributed by atoms with Gasteiger partial charge >= 0.3 is 0 Å². The SMILES string of the molecule is CCN(CC)c1nc(C)cc(C(=O)NCc2ccccc2)n1. The molecule has 5 heteroatoms. The lowest BCUT2D eigenvalue weighted by molar-refractivity contribution is 0.0945. The van der Waals surface area contributed by atoms with E-state index in [1.165, 1.54) is 0 Å². The van der Waals surface area contributed by atoms with E-state index in [0.29, 0.717) is 18.2 Å². The second kappa shape index (κ2) is 7.54. The molecule has 0 aliphatic heterocycles. The molecule has 0 unspecified atom stereocenters. The molecule has 0 saturated heterocycles. The highest BCUT2D eigenvalue weighted by Gasteiger charge is 2.13. The summed E-state index contributed by atoms with van der Waals surface area (Å²) >= 11 is 0. The van der Waals surface area contributed by atoms with Crippen molar-refractivity contribution in [2.75, 3.05) is 18.0 Å². The Kier molecular flexibility index (Phi) is 5.47. The molecule has 0 spiro atoms. The number of amides is 1. The number of nitrogens with zero attached hydrogens (tertiary/aromatic N) is 3. The summed E-state index contributed by atoms with van der Waals surface area (Å²) in [6.45, 7) is 8.08. The van der Waals surface area contributed by atoms with Crippen LogP contribution in [-0.4, -0.2) is 29.0 Å². The van der Waals surface area contributed by atoms with Crippen LogP contribution >= 0.6 is 0 Å². The number of anilines is 1. The maximum absolute atomic E-state index is 12.3. The van der Waals surface area contributed by atoms with Crippen LogP contribution in [0.25, 0.3) is 0 Å². The van der Waals surface area contributed by atoms with E-state index in [9.17, 15) is 4.79 Å². The molecule has 116 valence electrons. The Morgan fingerprint density at radius 2 is 1.82 bits per heavy atom. The van der Waals surface area contributed by atoms with Crippen LogP contribution in [0.15, 0.2) is 36.4 Å². The molecule has 1 aromatic carbocycles. The van der Waals surface area contributed by atoms with Gasteiger partial charge < -0.3 is 10.2 Å². The predicted octanol–water partition coefficient (Wildman–Crippen LogP) is 2.56. The summed E-state index contributed by atoms with van der Waals surface area (Å²) in [5, 5.41) is 2.90. The maximum atomic E-state index is 12.3. The van der Waals surface area contributed by atoms with Gasteiger partial charge in [-0.05, 0) is 32.4 Å². The van der Waals surface area contributed by atoms with Crippen molar-refractivity contribution < 1.29 is 4.79 Å². The van der Waals surface area contributed by atoms with Crippen LogP contribution in [0.5, 0.6) is 0 Å². The third-order valence-electron chi connectivity index (χ3n) is 3.42. The fourth-order valence-electron chi connectivity index (χ4n) is 2.19. The zero-order valence-corrected chi connectivity index (χ0v) is 13.3. The average molecular weight is 298 g/mol. The number of hydrogen-bond donors (Lipinski definition) is 1. The molecule has 2 rings (SSSR count). The number of carbonyl (C=O) groups excluding carboxylic acids is 1. The van der Waals surface area contributed by atoms with E-state index < -0.39 is 0 Å². The van der Waals surface area contributed by atoms with E-state index in [1.807, 2.05) is 56.0 Å². The van der Waals surface area contributed by atoms with Crippen molar-refractivity contribution in [2.24, 2.45) is 0 Å². The molecule has 22 heavy (non-hydrogen) atoms. The van der Waals surface area contributed by atoms with Gasteiger partial charge in [-0.15, -0.1) is 0 Å². The summed E-state index contributed by atoms with van der Waals surface area (Å²) in [5.74, 6) is 0.428. The highest BCUT2D eigenvalue weighted by Crippen LogP contribution is 2.10. The van der Waals surface area contributed by atoms with Gasteiger partial charge in [-0.1, -0.05) is 30.3 Å². The molecule has 2 aromatic rings. The monoisotopic (exact) mass is 298 g/mol. The van der Waals surface area contributed by atoms with E-state index in [4.69, 9.17) is 0 Å². The van der Waals surface area contributed by atoms with E-state index in [-0.39, 0.29) is 5.91 Å². The van der Waals surface area contributed by atoms with Crippen LogP contribution in [-0.2, 0) is 6.54 Å². The Hall–Kier alpha value is -2.43. The van der Waals surface area contributed by atoms with Gasteiger partial charge in [-0.25, -0.2) is 9.97 Å². The number of hydrogen-bond acceptors (Lipinski definition) is 4. The third-order valence-corrected chi connectivity index (χ3v) is 3.42. The second-order valence-electron chi connectivity index (χ2n) is 5.04. The van der Waals surface area contributed by atoms with Crippen molar-refractivity contribution in [1.29, 1.82) is 0 Å². The predicted molar refractivity (Wildman–Crippen MR) is 87.9 cm³/mol. The molecular formula is C17H22N4O. The fourth-order valence-corrected chi connectivity index (χ4v) is 2.19. The van der Waals surface area contributed by atoms with Gasteiger partial charge in [-0.3, -0.25) is 4.79 Å². The second-order valence-corrected chi connectivity index (χ2v) is 5.04. The minimum absolute atomic E-state index is 0.178. The molecule has 0 aliphatic rings. The van der Waals surface area contributed by atoms with Gasteiger partial charge in [0.1, 0.15) is 5.69 Å². The topological polar surface area (TPSA) is 58.1 Å². The van der Waals surface area contributed by atoms with Crippen LogP contribution in [0.3, 0.4) is 0 Å². The minimum Gasteiger partial charge on any atom is -0.347 e. The van der Waals surface area contributed by atoms with Crippen LogP contribution in [0.2, 0.25) is 0 Å². The van der Waals surface area contributed by atoms with Gasteiger partial charge in [0.05, 0.1) is 0 Å². The minimum atomic E-state index is -0.178. The summed E-state index contributed by atoms with van der Waals surface area (Å²) in [6.07, 6.45) is 0. The van der Waals surface area contributed by atoms with Gasteiger partial charge in [0.2, 0.25) is 5.95 Å². The molecule has 5 nitrogen and oxygen atoms in total. The Labute approximate surface area is 131 Å². The Balaban J connectivity index is 2.12. The molecule has 0 aliphatic carbocycles. The summed E-state index contributed by atoms with van der Waals surface area (Å²) < 4.78 is 0. The zero-order chi connectivity index (χ0) is 15.9. The molecule has 1 amide bonds. The van der Waals surface area contributed by atoms with Gasteiger partial charge in [0.15, 0.2) is 0 Å². The van der Waals surface area contributed by atoms with Crippen LogP contribution in [0, 0.1) is 6.92 Å². The van der Waals surface area contributed by atoms with Crippen LogP contribution in [0.1, 0.15) is 35.6 Å². The fraction of sp³-hybridized carbons (Fsp3) is 0.353. The number of nitrogens with one attached hydrogen (secondary N) is 1. The Morgan fingerprint density at radius 3 is 2.45 bits per heavy atom. The van der Waals surface area contributed by atoms with Gasteiger partial charge in [0.25, 0.3) is 5.91 Å². The summed E-state index contributed by atoms with van der Waals surface area (Å²) in [5.41, 5.74) is 2.26. The number of carbonyl (C=O) groups is 1. The molecule has 0 radical (unpaired) electrons. The van der Waals surface area contributed by atoms with E-state index in [1.54, 1.807) is 6.07 Å². The van der Waals surface area contributed by atoms with Crippen molar-refractivity contribution in [1.82, 2.24) is 15.3 Å². The lowest BCUT2D eigenvalue weighted by atomic mass is 10.2. The highest BCUT2D eigenvalue weighted by molar-refractivity contribution is 5.92. The molecule has 0 saturated carbocycles. The van der Waals surface area contributed by atoms with Crippen LogP contribution < -0.4 is 10.2 Å². The molecule has 1 aromatic heterocycles. The van der Waals surface area contributed by atoms with E-state index in [0.717, 1.165) is 24.3 Å². The normalized spacial score (nSPS) is 10.3. The number of aryl methyl sites for hydroxylation is 1. The van der Waals surface area contributed by atoms with E-state index in [2.05, 4.69) is 15.3 Å². The van der Waals surface area contributed by atoms with Crippen molar-refractivity contribution in [3.8, 4) is 0 Å². The molecule has 1 N–H and O–H groups in total. The first-order valence-corrected chi connectivity index (χ1v) is 7.56. The molecule has 0 fully saturated rings. The first-order valence-electron chi connectivity index (χ1n) is 7.56. The van der Waals surface area contributed by atoms with Crippen LogP contribution in [0.4, 0.5) is 5.95 Å². The quantitative estimate of drug-likeness (QED) is 0.890. The first-order chi connectivity index (χ1) is 10.6. The lowest BCUT2D eigenvalue weighted by Crippen LogP contribution is -2.28. The molecule has 1 heterocycles. The number of rotatable bonds is 6. The maximum Gasteiger partial charge on any atom is 0.270 e. The highest BCUT2D eigenvalue weighted by atomic mass is 16.1. The average Bonchev–Trinajstić information content (AvgIpc) is 2.54. The number of aromatic nitrogens is 2. The number of benzene rings is 1. The Morgan fingerprint density at radius 1 is 1.14 bits per heavy atom. The molecule has 0 bridgehead atoms. The Bertz CT molecular complexity index is 624. The summed E-state index contributed by atoms with van der Waals surface area (Å²) in [7, 11) is 0. The van der Waals surface area contributed by atoms with Gasteiger partial charge in [0, 0.05) is 25.3 Å². The van der Waals surface area contributed by atoms with Crippen molar-refractivity contribution in [3.05, 3.63) is 53.3 Å². The lowest BCUT2D eigenvalue weighted by Gasteiger charge is -2.19. The summed E-state index contributed by atoms with van der Waals surface area (Å²) in [6, 6.07) is 11.5. The van der Waals surface area contributed by atoms with Crippen molar-refractivity contribution in [3.63, 3.8) is 0 Å². The van der Waals surface area contributed by atoms with Gasteiger partial charge in [-0.2, -0.15) is 0 Å². The largest absolute Gasteiger partial charge is 0.347 e. The van der Waals surface area contributed by atoms with Crippen molar-refractivity contribution in [2.45, 2.75) is 27.3 Å².